The van der Waals surface area contributed by atoms with Gasteiger partial charge in [0.15, 0.2) is 0 Å². The summed E-state index contributed by atoms with van der Waals surface area (Å²) in [5.74, 6) is 0. The van der Waals surface area contributed by atoms with Crippen LogP contribution < -0.4 is 4.90 Å². The number of aliphatic hydroxyl groups is 1. The van der Waals surface area contributed by atoms with Crippen molar-refractivity contribution in [1.29, 1.82) is 5.26 Å². The number of anilines is 1. The van der Waals surface area contributed by atoms with Crippen molar-refractivity contribution in [2.24, 2.45) is 0 Å². The lowest BCUT2D eigenvalue weighted by molar-refractivity contribution is 0.199. The molecule has 1 unspecified atom stereocenters. The molecule has 0 aliphatic heterocycles. The lowest BCUT2D eigenvalue weighted by atomic mass is 10.0. The Hall–Kier alpha value is -1.53. The molecule has 1 atom stereocenters. The maximum absolute atomic E-state index is 9.83. The monoisotopic (exact) mass is 246 g/mol. The van der Waals surface area contributed by atoms with Gasteiger partial charge in [-0.1, -0.05) is 19.9 Å². The average molecular weight is 246 g/mol. The van der Waals surface area contributed by atoms with E-state index >= 15 is 0 Å². The van der Waals surface area contributed by atoms with Crippen molar-refractivity contribution in [3.8, 4) is 6.07 Å². The van der Waals surface area contributed by atoms with Gasteiger partial charge in [0.05, 0.1) is 17.7 Å². The van der Waals surface area contributed by atoms with E-state index in [0.717, 1.165) is 24.1 Å². The summed E-state index contributed by atoms with van der Waals surface area (Å²) < 4.78 is 0. The first-order valence-electron chi connectivity index (χ1n) is 6.50. The number of nitrogens with zero attached hydrogens (tertiary/aromatic N) is 2. The van der Waals surface area contributed by atoms with Crippen LogP contribution in [0.15, 0.2) is 18.2 Å². The topological polar surface area (TPSA) is 47.3 Å². The fraction of sp³-hybridized carbons (Fsp3) is 0.533. The number of hydrogen-bond donors (Lipinski definition) is 1. The van der Waals surface area contributed by atoms with Crippen molar-refractivity contribution in [2.45, 2.75) is 45.8 Å². The Balaban J connectivity index is 3.22. The van der Waals surface area contributed by atoms with Crippen LogP contribution in [0.4, 0.5) is 5.69 Å². The molecule has 3 heteroatoms. The molecule has 0 amide bonds. The van der Waals surface area contributed by atoms with E-state index in [1.54, 1.807) is 13.0 Å². The second-order valence-electron chi connectivity index (χ2n) is 4.64. The van der Waals surface area contributed by atoms with Crippen molar-refractivity contribution in [1.82, 2.24) is 0 Å². The predicted molar refractivity (Wildman–Crippen MR) is 74.6 cm³/mol. The molecule has 0 bridgehead atoms. The second kappa shape index (κ2) is 6.42. The van der Waals surface area contributed by atoms with E-state index in [0.29, 0.717) is 11.6 Å². The van der Waals surface area contributed by atoms with E-state index < -0.39 is 6.10 Å². The second-order valence-corrected chi connectivity index (χ2v) is 4.64. The molecule has 0 fully saturated rings. The van der Waals surface area contributed by atoms with Crippen LogP contribution in [0.3, 0.4) is 0 Å². The van der Waals surface area contributed by atoms with Crippen LogP contribution in [0.5, 0.6) is 0 Å². The zero-order valence-electron chi connectivity index (χ0n) is 11.6. The Morgan fingerprint density at radius 3 is 2.39 bits per heavy atom. The summed E-state index contributed by atoms with van der Waals surface area (Å²) in [6, 6.07) is 8.04. The van der Waals surface area contributed by atoms with Gasteiger partial charge < -0.3 is 10.0 Å². The zero-order chi connectivity index (χ0) is 13.7. The van der Waals surface area contributed by atoms with Crippen LogP contribution in [-0.4, -0.2) is 18.2 Å². The van der Waals surface area contributed by atoms with Gasteiger partial charge in [-0.15, -0.1) is 0 Å². The Morgan fingerprint density at radius 1 is 1.33 bits per heavy atom. The molecular weight excluding hydrogens is 224 g/mol. The van der Waals surface area contributed by atoms with Gasteiger partial charge in [0.2, 0.25) is 0 Å². The van der Waals surface area contributed by atoms with E-state index in [1.807, 2.05) is 19.2 Å². The summed E-state index contributed by atoms with van der Waals surface area (Å²) >= 11 is 0. The maximum atomic E-state index is 9.83. The Labute approximate surface area is 110 Å². The SMILES string of the molecule is CCC(CC)N(C)c1cc(C#N)ccc1C(C)O. The highest BCUT2D eigenvalue weighted by Crippen LogP contribution is 2.29. The summed E-state index contributed by atoms with van der Waals surface area (Å²) in [5, 5.41) is 18.8. The highest BCUT2D eigenvalue weighted by Gasteiger charge is 2.17. The largest absolute Gasteiger partial charge is 0.389 e. The summed E-state index contributed by atoms with van der Waals surface area (Å²) in [5.41, 5.74) is 2.47. The standard InChI is InChI=1S/C15H22N2O/c1-5-13(6-2)17(4)15-9-12(10-16)7-8-14(15)11(3)18/h7-9,11,13,18H,5-6H2,1-4H3. The molecule has 1 rings (SSSR count). The molecule has 0 aliphatic rings. The van der Waals surface area contributed by atoms with Gasteiger partial charge in [0.25, 0.3) is 0 Å². The van der Waals surface area contributed by atoms with E-state index in [2.05, 4.69) is 24.8 Å². The first kappa shape index (κ1) is 14.5. The van der Waals surface area contributed by atoms with Gasteiger partial charge >= 0.3 is 0 Å². The van der Waals surface area contributed by atoms with Crippen molar-refractivity contribution in [3.63, 3.8) is 0 Å². The molecule has 1 aromatic rings. The minimum atomic E-state index is -0.524. The molecular formula is C15H22N2O. The molecule has 0 spiro atoms. The summed E-state index contributed by atoms with van der Waals surface area (Å²) in [6.45, 7) is 6.06. The molecule has 1 aromatic carbocycles. The van der Waals surface area contributed by atoms with Gasteiger partial charge in [-0.3, -0.25) is 0 Å². The minimum Gasteiger partial charge on any atom is -0.389 e. The van der Waals surface area contributed by atoms with Crippen LogP contribution >= 0.6 is 0 Å². The molecule has 0 heterocycles. The van der Waals surface area contributed by atoms with E-state index in [9.17, 15) is 5.11 Å². The smallest absolute Gasteiger partial charge is 0.0992 e. The molecule has 98 valence electrons. The van der Waals surface area contributed by atoms with Crippen molar-refractivity contribution in [3.05, 3.63) is 29.3 Å². The lowest BCUT2D eigenvalue weighted by Gasteiger charge is -2.31. The van der Waals surface area contributed by atoms with Crippen LogP contribution in [0, 0.1) is 11.3 Å². The minimum absolute atomic E-state index is 0.427. The molecule has 1 N–H and O–H groups in total. The van der Waals surface area contributed by atoms with Gasteiger partial charge in [-0.2, -0.15) is 5.26 Å². The quantitative estimate of drug-likeness (QED) is 0.867. The Morgan fingerprint density at radius 2 is 1.94 bits per heavy atom. The van der Waals surface area contributed by atoms with E-state index in [1.165, 1.54) is 0 Å². The van der Waals surface area contributed by atoms with Gasteiger partial charge in [-0.25, -0.2) is 0 Å². The third kappa shape index (κ3) is 3.02. The molecule has 18 heavy (non-hydrogen) atoms. The fourth-order valence-corrected chi connectivity index (χ4v) is 2.31. The fourth-order valence-electron chi connectivity index (χ4n) is 2.31. The normalized spacial score (nSPS) is 12.3. The molecule has 0 aliphatic carbocycles. The third-order valence-electron chi connectivity index (χ3n) is 3.48. The van der Waals surface area contributed by atoms with Crippen molar-refractivity contribution >= 4 is 5.69 Å². The highest BCUT2D eigenvalue weighted by molar-refractivity contribution is 5.58. The summed E-state index contributed by atoms with van der Waals surface area (Å²) in [6.07, 6.45) is 1.57. The molecule has 0 aromatic heterocycles. The van der Waals surface area contributed by atoms with Crippen LogP contribution in [-0.2, 0) is 0 Å². The Kier molecular flexibility index (Phi) is 5.18. The maximum Gasteiger partial charge on any atom is 0.0992 e. The van der Waals surface area contributed by atoms with Crippen molar-refractivity contribution < 1.29 is 5.11 Å². The highest BCUT2D eigenvalue weighted by atomic mass is 16.3. The molecule has 3 nitrogen and oxygen atoms in total. The first-order valence-corrected chi connectivity index (χ1v) is 6.50. The third-order valence-corrected chi connectivity index (χ3v) is 3.48. The van der Waals surface area contributed by atoms with Crippen LogP contribution in [0.25, 0.3) is 0 Å². The molecule has 0 radical (unpaired) electrons. The van der Waals surface area contributed by atoms with Crippen LogP contribution in [0.2, 0.25) is 0 Å². The van der Waals surface area contributed by atoms with Gasteiger partial charge in [0.1, 0.15) is 0 Å². The average Bonchev–Trinajstić information content (AvgIpc) is 2.39. The lowest BCUT2D eigenvalue weighted by Crippen LogP contribution is -2.31. The van der Waals surface area contributed by atoms with Crippen molar-refractivity contribution in [2.75, 3.05) is 11.9 Å². The predicted octanol–water partition coefficient (Wildman–Crippen LogP) is 3.24. The summed E-state index contributed by atoms with van der Waals surface area (Å²) in [7, 11) is 2.03. The first-order chi connectivity index (χ1) is 8.54. The number of benzene rings is 1. The van der Waals surface area contributed by atoms with Gasteiger partial charge in [0, 0.05) is 24.3 Å². The number of aliphatic hydroxyl groups excluding tert-OH is 1. The van der Waals surface area contributed by atoms with Gasteiger partial charge in [-0.05, 0) is 31.9 Å². The van der Waals surface area contributed by atoms with E-state index in [-0.39, 0.29) is 0 Å². The zero-order valence-corrected chi connectivity index (χ0v) is 11.6. The molecule has 0 saturated heterocycles. The molecule has 0 saturated carbocycles. The number of hydrogen-bond acceptors (Lipinski definition) is 3. The summed E-state index contributed by atoms with van der Waals surface area (Å²) in [4.78, 5) is 2.17. The Bertz CT molecular complexity index is 431. The van der Waals surface area contributed by atoms with Crippen LogP contribution in [0.1, 0.15) is 50.8 Å². The number of rotatable bonds is 5. The number of nitriles is 1. The van der Waals surface area contributed by atoms with E-state index in [4.69, 9.17) is 5.26 Å².